The first-order valence-electron chi connectivity index (χ1n) is 10.5. The number of benzene rings is 1. The molecule has 1 heterocycles. The van der Waals surface area contributed by atoms with Crippen LogP contribution in [0.3, 0.4) is 0 Å². The van der Waals surface area contributed by atoms with E-state index in [9.17, 15) is 19.2 Å². The first-order chi connectivity index (χ1) is 14.2. The normalized spacial score (nSPS) is 23.6. The molecule has 2 fully saturated rings. The predicted molar refractivity (Wildman–Crippen MR) is 112 cm³/mol. The Morgan fingerprint density at radius 1 is 1.17 bits per heavy atom. The maximum absolute atomic E-state index is 12.8. The van der Waals surface area contributed by atoms with Crippen LogP contribution in [-0.4, -0.2) is 40.7 Å². The van der Waals surface area contributed by atoms with Crippen LogP contribution >= 0.6 is 0 Å². The molecule has 1 aliphatic heterocycles. The van der Waals surface area contributed by atoms with Crippen LogP contribution in [-0.2, 0) is 20.9 Å². The van der Waals surface area contributed by atoms with E-state index in [1.165, 1.54) is 0 Å². The number of carbonyl (C=O) groups excluding carboxylic acids is 4. The Morgan fingerprint density at radius 2 is 1.80 bits per heavy atom. The summed E-state index contributed by atoms with van der Waals surface area (Å²) in [4.78, 5) is 50.2. The van der Waals surface area contributed by atoms with Crippen LogP contribution in [0.1, 0.15) is 52.0 Å². The minimum absolute atomic E-state index is 0.0604. The SMILES string of the molecule is CC1CCC2(CC1)NC(=O)N(CC(=O)NCc1ccc(NC(=O)C(C)C)cc1)C2=O. The second kappa shape index (κ2) is 8.85. The third kappa shape index (κ3) is 4.80. The van der Waals surface area contributed by atoms with Crippen molar-refractivity contribution in [1.29, 1.82) is 0 Å². The van der Waals surface area contributed by atoms with Gasteiger partial charge in [-0.05, 0) is 49.3 Å². The fourth-order valence-electron chi connectivity index (χ4n) is 3.81. The number of anilines is 1. The molecule has 2 aliphatic rings. The average Bonchev–Trinajstić information content (AvgIpc) is 2.94. The molecule has 3 N–H and O–H groups in total. The van der Waals surface area contributed by atoms with Gasteiger partial charge in [0.05, 0.1) is 0 Å². The van der Waals surface area contributed by atoms with Gasteiger partial charge in [0.15, 0.2) is 0 Å². The molecule has 8 heteroatoms. The summed E-state index contributed by atoms with van der Waals surface area (Å²) in [7, 11) is 0. The highest BCUT2D eigenvalue weighted by Gasteiger charge is 2.52. The Morgan fingerprint density at radius 3 is 2.40 bits per heavy atom. The summed E-state index contributed by atoms with van der Waals surface area (Å²) in [5.74, 6) is -0.306. The van der Waals surface area contributed by atoms with Crippen LogP contribution in [0.4, 0.5) is 10.5 Å². The summed E-state index contributed by atoms with van der Waals surface area (Å²) in [5, 5.41) is 8.37. The molecule has 30 heavy (non-hydrogen) atoms. The number of urea groups is 1. The van der Waals surface area contributed by atoms with Crippen LogP contribution in [0.5, 0.6) is 0 Å². The van der Waals surface area contributed by atoms with Gasteiger partial charge >= 0.3 is 6.03 Å². The van der Waals surface area contributed by atoms with Crippen molar-refractivity contribution in [2.45, 2.75) is 58.5 Å². The van der Waals surface area contributed by atoms with Crippen molar-refractivity contribution in [3.05, 3.63) is 29.8 Å². The molecule has 1 aliphatic carbocycles. The highest BCUT2D eigenvalue weighted by Crippen LogP contribution is 2.36. The smallest absolute Gasteiger partial charge is 0.325 e. The molecular weight excluding hydrogens is 384 g/mol. The van der Waals surface area contributed by atoms with Gasteiger partial charge < -0.3 is 16.0 Å². The number of nitrogens with zero attached hydrogens (tertiary/aromatic N) is 1. The number of hydrogen-bond donors (Lipinski definition) is 3. The minimum Gasteiger partial charge on any atom is -0.350 e. The summed E-state index contributed by atoms with van der Waals surface area (Å²) in [5.41, 5.74) is 0.705. The summed E-state index contributed by atoms with van der Waals surface area (Å²) in [6.45, 7) is 5.76. The van der Waals surface area contributed by atoms with E-state index in [4.69, 9.17) is 0 Å². The van der Waals surface area contributed by atoms with Crippen molar-refractivity contribution >= 4 is 29.4 Å². The molecule has 0 atom stereocenters. The molecule has 0 unspecified atom stereocenters. The molecule has 3 rings (SSSR count). The molecule has 0 aromatic heterocycles. The lowest BCUT2D eigenvalue weighted by Gasteiger charge is -2.33. The van der Waals surface area contributed by atoms with Crippen LogP contribution in [0.2, 0.25) is 0 Å². The Kier molecular flexibility index (Phi) is 6.43. The number of amides is 5. The highest BCUT2D eigenvalue weighted by atomic mass is 16.2. The molecule has 1 saturated carbocycles. The van der Waals surface area contributed by atoms with E-state index in [0.29, 0.717) is 24.4 Å². The van der Waals surface area contributed by atoms with Crippen molar-refractivity contribution in [1.82, 2.24) is 15.5 Å². The van der Waals surface area contributed by atoms with Crippen molar-refractivity contribution in [2.24, 2.45) is 11.8 Å². The molecule has 0 bridgehead atoms. The van der Waals surface area contributed by atoms with E-state index in [-0.39, 0.29) is 30.8 Å². The number of nitrogens with one attached hydrogen (secondary N) is 3. The number of rotatable bonds is 6. The van der Waals surface area contributed by atoms with Gasteiger partial charge in [-0.2, -0.15) is 0 Å². The van der Waals surface area contributed by atoms with Gasteiger partial charge in [-0.25, -0.2) is 4.79 Å². The number of carbonyl (C=O) groups is 4. The molecule has 162 valence electrons. The zero-order chi connectivity index (χ0) is 21.9. The lowest BCUT2D eigenvalue weighted by Crippen LogP contribution is -2.49. The van der Waals surface area contributed by atoms with Crippen molar-refractivity contribution in [3.63, 3.8) is 0 Å². The van der Waals surface area contributed by atoms with Crippen molar-refractivity contribution in [3.8, 4) is 0 Å². The largest absolute Gasteiger partial charge is 0.350 e. The summed E-state index contributed by atoms with van der Waals surface area (Å²) >= 11 is 0. The lowest BCUT2D eigenvalue weighted by molar-refractivity contribution is -0.136. The Bertz CT molecular complexity index is 826. The van der Waals surface area contributed by atoms with Gasteiger partial charge in [-0.1, -0.05) is 32.9 Å². The third-order valence-electron chi connectivity index (χ3n) is 5.91. The van der Waals surface area contributed by atoms with Gasteiger partial charge in [0, 0.05) is 18.2 Å². The van der Waals surface area contributed by atoms with Gasteiger partial charge in [-0.15, -0.1) is 0 Å². The monoisotopic (exact) mass is 414 g/mol. The van der Waals surface area contributed by atoms with Crippen LogP contribution in [0, 0.1) is 11.8 Å². The molecule has 1 aromatic rings. The lowest BCUT2D eigenvalue weighted by atomic mass is 9.77. The standard InChI is InChI=1S/C22H30N4O4/c1-14(2)19(28)24-17-6-4-16(5-7-17)12-23-18(27)13-26-20(29)22(25-21(26)30)10-8-15(3)9-11-22/h4-7,14-15H,8-13H2,1-3H3,(H,23,27)(H,24,28)(H,25,30). The molecule has 8 nitrogen and oxygen atoms in total. The van der Waals surface area contributed by atoms with E-state index in [0.717, 1.165) is 23.3 Å². The number of imide groups is 1. The Balaban J connectivity index is 1.50. The summed E-state index contributed by atoms with van der Waals surface area (Å²) in [6.07, 6.45) is 3.02. The molecular formula is C22H30N4O4. The first-order valence-corrected chi connectivity index (χ1v) is 10.5. The second-order valence-corrected chi connectivity index (χ2v) is 8.70. The van der Waals surface area contributed by atoms with E-state index in [2.05, 4.69) is 22.9 Å². The van der Waals surface area contributed by atoms with Gasteiger partial charge in [-0.3, -0.25) is 19.3 Å². The van der Waals surface area contributed by atoms with Crippen LogP contribution in [0.25, 0.3) is 0 Å². The molecule has 1 aromatic carbocycles. The fourth-order valence-corrected chi connectivity index (χ4v) is 3.81. The Hall–Kier alpha value is -2.90. The van der Waals surface area contributed by atoms with E-state index >= 15 is 0 Å². The zero-order valence-corrected chi connectivity index (χ0v) is 17.8. The third-order valence-corrected chi connectivity index (χ3v) is 5.91. The van der Waals surface area contributed by atoms with Crippen molar-refractivity contribution < 1.29 is 19.2 Å². The van der Waals surface area contributed by atoms with Gasteiger partial charge in [0.25, 0.3) is 5.91 Å². The summed E-state index contributed by atoms with van der Waals surface area (Å²) in [6, 6.07) is 6.67. The van der Waals surface area contributed by atoms with Gasteiger partial charge in [0.1, 0.15) is 12.1 Å². The molecule has 1 spiro atoms. The van der Waals surface area contributed by atoms with E-state index in [1.807, 2.05) is 26.0 Å². The molecule has 5 amide bonds. The first kappa shape index (κ1) is 21.8. The van der Waals surface area contributed by atoms with E-state index < -0.39 is 17.5 Å². The maximum atomic E-state index is 12.8. The summed E-state index contributed by atoms with van der Waals surface area (Å²) < 4.78 is 0. The van der Waals surface area contributed by atoms with Crippen molar-refractivity contribution in [2.75, 3.05) is 11.9 Å². The predicted octanol–water partition coefficient (Wildman–Crippen LogP) is 2.40. The van der Waals surface area contributed by atoms with Crippen LogP contribution in [0.15, 0.2) is 24.3 Å². The fraction of sp³-hybridized carbons (Fsp3) is 0.545. The van der Waals surface area contributed by atoms with E-state index in [1.54, 1.807) is 12.1 Å². The highest BCUT2D eigenvalue weighted by molar-refractivity contribution is 6.09. The maximum Gasteiger partial charge on any atom is 0.325 e. The average molecular weight is 415 g/mol. The second-order valence-electron chi connectivity index (χ2n) is 8.70. The quantitative estimate of drug-likeness (QED) is 0.621. The van der Waals surface area contributed by atoms with Crippen LogP contribution < -0.4 is 16.0 Å². The van der Waals surface area contributed by atoms with Gasteiger partial charge in [0.2, 0.25) is 11.8 Å². The molecule has 0 radical (unpaired) electrons. The molecule has 1 saturated heterocycles. The topological polar surface area (TPSA) is 108 Å². The number of hydrogen-bond acceptors (Lipinski definition) is 4. The Labute approximate surface area is 176 Å². The minimum atomic E-state index is -0.833. The zero-order valence-electron chi connectivity index (χ0n) is 17.8.